The van der Waals surface area contributed by atoms with Crippen molar-refractivity contribution in [1.82, 2.24) is 0 Å². The molecule has 0 atom stereocenters. The Kier molecular flexibility index (Phi) is 8.15. The average Bonchev–Trinajstić information content (AvgIpc) is 2.91. The van der Waals surface area contributed by atoms with Crippen LogP contribution < -0.4 is 5.73 Å². The summed E-state index contributed by atoms with van der Waals surface area (Å²) in [6, 6.07) is 28.4. The monoisotopic (exact) mass is 561 g/mol. The fourth-order valence-electron chi connectivity index (χ4n) is 3.84. The molecule has 0 aliphatic heterocycles. The summed E-state index contributed by atoms with van der Waals surface area (Å²) >= 11 is 0. The molecular formula is C26H19N5O6S2. The maximum atomic E-state index is 11.8. The number of fused-ring (bicyclic) bond motifs is 2. The van der Waals surface area contributed by atoms with Gasteiger partial charge in [-0.15, -0.1) is 28.0 Å². The van der Waals surface area contributed by atoms with Crippen molar-refractivity contribution in [2.45, 2.75) is 4.90 Å². The van der Waals surface area contributed by atoms with Gasteiger partial charge in [0.25, 0.3) is 10.1 Å². The third-order valence-electron chi connectivity index (χ3n) is 5.46. The molecule has 0 spiro atoms. The molecule has 0 aromatic heterocycles. The van der Waals surface area contributed by atoms with Crippen LogP contribution in [0.2, 0.25) is 0 Å². The van der Waals surface area contributed by atoms with Gasteiger partial charge in [0.15, 0.2) is 0 Å². The molecule has 0 bridgehead atoms. The fourth-order valence-corrected chi connectivity index (χ4v) is 4.58. The summed E-state index contributed by atoms with van der Waals surface area (Å²) in [5, 5.41) is 19.9. The normalized spacial score (nSPS) is 11.6. The molecule has 0 amide bonds. The van der Waals surface area contributed by atoms with Crippen LogP contribution in [0.4, 0.5) is 28.4 Å². The number of nitrogens with two attached hydrogens (primary N) is 1. The van der Waals surface area contributed by atoms with Crippen molar-refractivity contribution in [1.29, 1.82) is 0 Å². The van der Waals surface area contributed by atoms with Gasteiger partial charge in [0.2, 0.25) is 0 Å². The number of nitrogen functional groups attached to an aromatic ring is 1. The highest BCUT2D eigenvalue weighted by Crippen LogP contribution is 2.38. The topological polar surface area (TPSA) is 181 Å². The highest BCUT2D eigenvalue weighted by Gasteiger charge is 2.17. The van der Waals surface area contributed by atoms with Gasteiger partial charge in [-0.3, -0.25) is 4.55 Å². The van der Waals surface area contributed by atoms with Gasteiger partial charge in [0, 0.05) is 27.2 Å². The molecule has 0 aliphatic rings. The van der Waals surface area contributed by atoms with E-state index < -0.39 is 20.7 Å². The lowest BCUT2D eigenvalue weighted by Gasteiger charge is -2.09. The van der Waals surface area contributed by atoms with E-state index in [-0.39, 0.29) is 16.0 Å². The van der Waals surface area contributed by atoms with E-state index >= 15 is 0 Å². The van der Waals surface area contributed by atoms with Crippen molar-refractivity contribution in [3.05, 3.63) is 97.1 Å². The Labute approximate surface area is 224 Å². The van der Waals surface area contributed by atoms with Gasteiger partial charge in [-0.1, -0.05) is 54.6 Å². The number of rotatable bonds is 5. The predicted molar refractivity (Wildman–Crippen MR) is 147 cm³/mol. The van der Waals surface area contributed by atoms with Gasteiger partial charge in [-0.2, -0.15) is 13.5 Å². The summed E-state index contributed by atoms with van der Waals surface area (Å²) < 4.78 is 58.6. The van der Waals surface area contributed by atoms with Gasteiger partial charge >= 0.3 is 10.6 Å². The van der Waals surface area contributed by atoms with Crippen LogP contribution >= 0.6 is 0 Å². The minimum absolute atomic E-state index is 0.202. The number of nitrogens with zero attached hydrogens (tertiary/aromatic N) is 4. The summed E-state index contributed by atoms with van der Waals surface area (Å²) in [7, 11) is -7.58. The smallest absolute Gasteiger partial charge is 0.398 e. The van der Waals surface area contributed by atoms with Gasteiger partial charge in [-0.25, -0.2) is 0 Å². The van der Waals surface area contributed by atoms with Crippen molar-refractivity contribution in [2.75, 3.05) is 5.73 Å². The molecule has 13 heteroatoms. The molecule has 0 fully saturated rings. The van der Waals surface area contributed by atoms with Crippen LogP contribution in [-0.4, -0.2) is 25.6 Å². The summed E-state index contributed by atoms with van der Waals surface area (Å²) in [4.78, 5) is -0.275. The zero-order valence-electron chi connectivity index (χ0n) is 19.9. The fraction of sp³-hybridized carbons (Fsp3) is 0. The third kappa shape index (κ3) is 6.54. The molecule has 3 N–H and O–H groups in total. The van der Waals surface area contributed by atoms with Crippen molar-refractivity contribution < 1.29 is 25.6 Å². The average molecular weight is 562 g/mol. The summed E-state index contributed by atoms with van der Waals surface area (Å²) in [5.41, 5.74) is 8.70. The number of hydrogen-bond donors (Lipinski definition) is 2. The molecule has 5 aromatic rings. The first-order chi connectivity index (χ1) is 18.6. The maximum Gasteiger partial charge on any atom is 0.425 e. The Bertz CT molecular complexity index is 1960. The number of hydrogen-bond acceptors (Lipinski definition) is 10. The van der Waals surface area contributed by atoms with Crippen LogP contribution in [0.25, 0.3) is 21.5 Å². The van der Waals surface area contributed by atoms with Crippen molar-refractivity contribution >= 4 is 70.7 Å². The van der Waals surface area contributed by atoms with Crippen LogP contribution in [-0.2, 0) is 20.7 Å². The third-order valence-corrected chi connectivity index (χ3v) is 6.36. The molecule has 0 unspecified atom stereocenters. The summed E-state index contributed by atoms with van der Waals surface area (Å²) in [5.74, 6) is 0. The van der Waals surface area contributed by atoms with Gasteiger partial charge in [0.1, 0.15) is 4.90 Å². The van der Waals surface area contributed by atoms with E-state index in [4.69, 9.17) is 18.4 Å². The Morgan fingerprint density at radius 2 is 1.05 bits per heavy atom. The van der Waals surface area contributed by atoms with E-state index in [0.717, 1.165) is 16.5 Å². The molecule has 5 aromatic carbocycles. The molecule has 5 rings (SSSR count). The van der Waals surface area contributed by atoms with E-state index in [1.165, 1.54) is 18.2 Å². The molecule has 11 nitrogen and oxygen atoms in total. The summed E-state index contributed by atoms with van der Waals surface area (Å²) in [6.45, 7) is 0. The second-order valence-corrected chi connectivity index (χ2v) is 9.71. The largest absolute Gasteiger partial charge is 0.425 e. The lowest BCUT2D eigenvalue weighted by Crippen LogP contribution is -2.01. The molecule has 196 valence electrons. The van der Waals surface area contributed by atoms with Gasteiger partial charge in [0.05, 0.1) is 22.7 Å². The van der Waals surface area contributed by atoms with E-state index in [2.05, 4.69) is 20.5 Å². The number of anilines is 1. The number of benzene rings is 5. The van der Waals surface area contributed by atoms with E-state index in [0.29, 0.717) is 22.4 Å². The maximum absolute atomic E-state index is 11.8. The quantitative estimate of drug-likeness (QED) is 0.137. The minimum atomic E-state index is -4.47. The first-order valence-electron chi connectivity index (χ1n) is 11.1. The highest BCUT2D eigenvalue weighted by atomic mass is 32.2. The Morgan fingerprint density at radius 3 is 1.62 bits per heavy atom. The second kappa shape index (κ2) is 11.7. The van der Waals surface area contributed by atoms with E-state index in [1.54, 1.807) is 18.2 Å². The number of azo groups is 2. The highest BCUT2D eigenvalue weighted by molar-refractivity contribution is 7.86. The van der Waals surface area contributed by atoms with Crippen LogP contribution in [0.5, 0.6) is 0 Å². The van der Waals surface area contributed by atoms with Crippen molar-refractivity contribution in [3.63, 3.8) is 0 Å². The van der Waals surface area contributed by atoms with Crippen LogP contribution in [0.3, 0.4) is 0 Å². The van der Waals surface area contributed by atoms with E-state index in [9.17, 15) is 13.0 Å². The van der Waals surface area contributed by atoms with Gasteiger partial charge in [-0.05, 0) is 42.5 Å². The Morgan fingerprint density at radius 1 is 0.590 bits per heavy atom. The lowest BCUT2D eigenvalue weighted by molar-refractivity contribution is 0.484. The predicted octanol–water partition coefficient (Wildman–Crippen LogP) is 6.65. The lowest BCUT2D eigenvalue weighted by atomic mass is 10.1. The SMILES string of the molecule is Nc1ccc(N=Nc2ccc(N=Nc3ccccc3)c3ccccc23)c2cccc(S(=O)(=O)O)c12.O=S(=O)=O. The molecule has 0 saturated heterocycles. The molecular weight excluding hydrogens is 542 g/mol. The summed E-state index contributed by atoms with van der Waals surface area (Å²) in [6.07, 6.45) is 0. The zero-order chi connectivity index (χ0) is 28.0. The molecule has 0 radical (unpaired) electrons. The Hall–Kier alpha value is -4.85. The second-order valence-electron chi connectivity index (χ2n) is 7.92. The van der Waals surface area contributed by atoms with Crippen molar-refractivity contribution in [2.24, 2.45) is 20.5 Å². The van der Waals surface area contributed by atoms with Crippen molar-refractivity contribution in [3.8, 4) is 0 Å². The molecule has 0 saturated carbocycles. The standard InChI is InChI=1S/C26H19N5O3S.O3S/c27-21-13-14-24(20-11-6-12-25(26(20)21)35(32,33)34)31-30-23-16-15-22(18-9-4-5-10-19(18)23)29-28-17-7-2-1-3-8-17;1-4(2)3/h1-16H,27H2,(H,32,33,34);. The first-order valence-corrected chi connectivity index (χ1v) is 13.5. The van der Waals surface area contributed by atoms with Gasteiger partial charge < -0.3 is 5.73 Å². The molecule has 0 aliphatic carbocycles. The van der Waals surface area contributed by atoms with Crippen LogP contribution in [0.15, 0.2) is 122 Å². The zero-order valence-corrected chi connectivity index (χ0v) is 21.5. The first kappa shape index (κ1) is 27.2. The minimum Gasteiger partial charge on any atom is -0.398 e. The van der Waals surface area contributed by atoms with E-state index in [1.807, 2.05) is 60.7 Å². The van der Waals surface area contributed by atoms with Crippen LogP contribution in [0.1, 0.15) is 0 Å². The molecule has 39 heavy (non-hydrogen) atoms. The van der Waals surface area contributed by atoms with Crippen LogP contribution in [0, 0.1) is 0 Å². The Balaban J connectivity index is 0.000000826. The molecule has 0 heterocycles.